The summed E-state index contributed by atoms with van der Waals surface area (Å²) in [6.45, 7) is 0. The Hall–Kier alpha value is -2.16. The zero-order valence-electron chi connectivity index (χ0n) is 13.7. The fourth-order valence-electron chi connectivity index (χ4n) is 2.28. The lowest BCUT2D eigenvalue weighted by molar-refractivity contribution is -0.115. The number of amides is 1. The quantitative estimate of drug-likeness (QED) is 0.668. The molecule has 0 fully saturated rings. The molecule has 9 heteroatoms. The monoisotopic (exact) mass is 410 g/mol. The molecule has 0 aliphatic carbocycles. The van der Waals surface area contributed by atoms with Crippen molar-refractivity contribution in [3.63, 3.8) is 0 Å². The molecule has 0 saturated heterocycles. The molecule has 3 aromatic rings. The number of para-hydroxylation sites is 1. The number of carbonyl (C=O) groups is 1. The Morgan fingerprint density at radius 3 is 2.62 bits per heavy atom. The summed E-state index contributed by atoms with van der Waals surface area (Å²) in [7, 11) is -2.06. The van der Waals surface area contributed by atoms with Crippen LogP contribution in [0.4, 0.5) is 5.13 Å². The second-order valence-electron chi connectivity index (χ2n) is 5.40. The Labute approximate surface area is 159 Å². The van der Waals surface area contributed by atoms with Gasteiger partial charge in [0.05, 0.1) is 27.5 Å². The highest BCUT2D eigenvalue weighted by atomic mass is 35.5. The van der Waals surface area contributed by atoms with Crippen molar-refractivity contribution in [1.29, 1.82) is 0 Å². The Balaban J connectivity index is 1.64. The van der Waals surface area contributed by atoms with Crippen LogP contribution < -0.4 is 10.1 Å². The predicted molar refractivity (Wildman–Crippen MR) is 103 cm³/mol. The fraction of sp³-hybridized carbons (Fsp3) is 0.176. The third kappa shape index (κ3) is 4.14. The van der Waals surface area contributed by atoms with Gasteiger partial charge in [-0.15, -0.1) is 0 Å². The van der Waals surface area contributed by atoms with Crippen molar-refractivity contribution in [2.24, 2.45) is 0 Å². The van der Waals surface area contributed by atoms with E-state index in [0.717, 1.165) is 4.70 Å². The molecular weight excluding hydrogens is 396 g/mol. The number of carbonyl (C=O) groups excluding carboxylic acids is 1. The number of sulfone groups is 1. The Bertz CT molecular complexity index is 1050. The van der Waals surface area contributed by atoms with Gasteiger partial charge in [-0.05, 0) is 36.4 Å². The molecule has 6 nitrogen and oxygen atoms in total. The van der Waals surface area contributed by atoms with Gasteiger partial charge in [0.2, 0.25) is 5.91 Å². The average Bonchev–Trinajstić information content (AvgIpc) is 3.04. The molecule has 0 unspecified atom stereocenters. The van der Waals surface area contributed by atoms with Crippen molar-refractivity contribution in [2.45, 2.75) is 11.3 Å². The normalized spacial score (nSPS) is 11.5. The lowest BCUT2D eigenvalue weighted by atomic mass is 10.3. The van der Waals surface area contributed by atoms with Crippen molar-refractivity contribution < 1.29 is 17.9 Å². The molecule has 0 aliphatic heterocycles. The number of rotatable bonds is 6. The summed E-state index contributed by atoms with van der Waals surface area (Å²) in [5.41, 5.74) is 0.611. The molecule has 1 N–H and O–H groups in total. The molecular formula is C17H15ClN2O4S2. The molecule has 26 heavy (non-hydrogen) atoms. The van der Waals surface area contributed by atoms with E-state index in [-0.39, 0.29) is 17.1 Å². The molecule has 136 valence electrons. The van der Waals surface area contributed by atoms with Crippen LogP contribution in [0.25, 0.3) is 10.2 Å². The fourth-order valence-corrected chi connectivity index (χ4v) is 4.70. The SMILES string of the molecule is COc1ccc(S(=O)(=O)CCC(=O)Nc2nc3c(Cl)cccc3s2)cc1. The van der Waals surface area contributed by atoms with Crippen LogP contribution in [0.5, 0.6) is 5.75 Å². The first-order chi connectivity index (χ1) is 12.4. The number of hydrogen-bond donors (Lipinski definition) is 1. The lowest BCUT2D eigenvalue weighted by Gasteiger charge is -2.06. The van der Waals surface area contributed by atoms with Gasteiger partial charge in [-0.2, -0.15) is 0 Å². The number of benzene rings is 2. The topological polar surface area (TPSA) is 85.4 Å². The first-order valence-electron chi connectivity index (χ1n) is 7.61. The maximum absolute atomic E-state index is 12.3. The molecule has 0 atom stereocenters. The maximum atomic E-state index is 12.3. The number of hydrogen-bond acceptors (Lipinski definition) is 6. The van der Waals surface area contributed by atoms with Crippen molar-refractivity contribution in [3.8, 4) is 5.75 Å². The van der Waals surface area contributed by atoms with Crippen molar-refractivity contribution in [1.82, 2.24) is 4.98 Å². The van der Waals surface area contributed by atoms with Gasteiger partial charge in [-0.25, -0.2) is 13.4 Å². The van der Waals surface area contributed by atoms with Crippen molar-refractivity contribution >= 4 is 54.0 Å². The molecule has 3 rings (SSSR count). The van der Waals surface area contributed by atoms with E-state index in [9.17, 15) is 13.2 Å². The van der Waals surface area contributed by atoms with Crippen LogP contribution in [0.1, 0.15) is 6.42 Å². The number of ether oxygens (including phenoxy) is 1. The summed E-state index contributed by atoms with van der Waals surface area (Å²) in [5.74, 6) is -0.148. The van der Waals surface area contributed by atoms with Crippen LogP contribution >= 0.6 is 22.9 Å². The number of methoxy groups -OCH3 is 1. The molecule has 1 heterocycles. The minimum atomic E-state index is -3.56. The largest absolute Gasteiger partial charge is 0.497 e. The number of fused-ring (bicyclic) bond motifs is 1. The van der Waals surface area contributed by atoms with E-state index >= 15 is 0 Å². The predicted octanol–water partition coefficient (Wildman–Crippen LogP) is 3.76. The van der Waals surface area contributed by atoms with E-state index in [1.165, 1.54) is 30.6 Å². The van der Waals surface area contributed by atoms with Crippen molar-refractivity contribution in [2.75, 3.05) is 18.2 Å². The van der Waals surface area contributed by atoms with E-state index in [1.807, 2.05) is 6.07 Å². The van der Waals surface area contributed by atoms with Gasteiger partial charge in [0.1, 0.15) is 11.3 Å². The molecule has 0 saturated carbocycles. The first-order valence-corrected chi connectivity index (χ1v) is 10.5. The number of anilines is 1. The number of nitrogens with one attached hydrogen (secondary N) is 1. The summed E-state index contributed by atoms with van der Waals surface area (Å²) < 4.78 is 30.5. The second-order valence-corrected chi connectivity index (χ2v) is 8.95. The van der Waals surface area contributed by atoms with Crippen LogP contribution in [-0.2, 0) is 14.6 Å². The van der Waals surface area contributed by atoms with E-state index in [4.69, 9.17) is 16.3 Å². The Morgan fingerprint density at radius 2 is 1.96 bits per heavy atom. The summed E-state index contributed by atoms with van der Waals surface area (Å²) in [6.07, 6.45) is -0.169. The van der Waals surface area contributed by atoms with Crippen LogP contribution in [0.2, 0.25) is 5.02 Å². The van der Waals surface area contributed by atoms with E-state index in [0.29, 0.717) is 21.4 Å². The molecule has 2 aromatic carbocycles. The number of nitrogens with zero attached hydrogens (tertiary/aromatic N) is 1. The van der Waals surface area contributed by atoms with Gasteiger partial charge in [0.15, 0.2) is 15.0 Å². The molecule has 0 aliphatic rings. The van der Waals surface area contributed by atoms with E-state index in [1.54, 1.807) is 24.3 Å². The maximum Gasteiger partial charge on any atom is 0.227 e. The first kappa shape index (κ1) is 18.6. The smallest absolute Gasteiger partial charge is 0.227 e. The Morgan fingerprint density at radius 1 is 1.23 bits per heavy atom. The van der Waals surface area contributed by atoms with Gasteiger partial charge < -0.3 is 10.1 Å². The van der Waals surface area contributed by atoms with Crippen LogP contribution in [0.15, 0.2) is 47.4 Å². The highest BCUT2D eigenvalue weighted by molar-refractivity contribution is 7.91. The zero-order chi connectivity index (χ0) is 18.7. The molecule has 0 spiro atoms. The standard InChI is InChI=1S/C17H15ClN2O4S2/c1-24-11-5-7-12(8-6-11)26(22,23)10-9-15(21)19-17-20-16-13(18)3-2-4-14(16)25-17/h2-8H,9-10H2,1H3,(H,19,20,21). The lowest BCUT2D eigenvalue weighted by Crippen LogP contribution is -2.17. The summed E-state index contributed by atoms with van der Waals surface area (Å²) >= 11 is 7.34. The molecule has 1 amide bonds. The van der Waals surface area contributed by atoms with Crippen molar-refractivity contribution in [3.05, 3.63) is 47.5 Å². The van der Waals surface area contributed by atoms with Crippen LogP contribution in [0.3, 0.4) is 0 Å². The minimum Gasteiger partial charge on any atom is -0.497 e. The second kappa shape index (κ2) is 7.61. The van der Waals surface area contributed by atoms with Crippen LogP contribution in [0, 0.1) is 0 Å². The highest BCUT2D eigenvalue weighted by Crippen LogP contribution is 2.30. The Kier molecular flexibility index (Phi) is 5.45. The summed E-state index contributed by atoms with van der Waals surface area (Å²) in [4.78, 5) is 16.5. The van der Waals surface area contributed by atoms with Crippen LogP contribution in [-0.4, -0.2) is 32.2 Å². The third-order valence-electron chi connectivity index (χ3n) is 3.63. The van der Waals surface area contributed by atoms with Gasteiger partial charge in [-0.3, -0.25) is 4.79 Å². The number of halogens is 1. The van der Waals surface area contributed by atoms with Gasteiger partial charge >= 0.3 is 0 Å². The minimum absolute atomic E-state index is 0.151. The van der Waals surface area contributed by atoms with Gasteiger partial charge in [-0.1, -0.05) is 29.0 Å². The number of aromatic nitrogens is 1. The molecule has 1 aromatic heterocycles. The van der Waals surface area contributed by atoms with Gasteiger partial charge in [0.25, 0.3) is 0 Å². The van der Waals surface area contributed by atoms with Gasteiger partial charge in [0, 0.05) is 6.42 Å². The zero-order valence-corrected chi connectivity index (χ0v) is 16.1. The summed E-state index contributed by atoms with van der Waals surface area (Å²) in [6, 6.07) is 11.4. The third-order valence-corrected chi connectivity index (χ3v) is 6.61. The number of thiazole rings is 1. The molecule has 0 radical (unpaired) electrons. The molecule has 0 bridgehead atoms. The summed E-state index contributed by atoms with van der Waals surface area (Å²) in [5, 5.41) is 3.52. The van der Waals surface area contributed by atoms with E-state index < -0.39 is 15.7 Å². The average molecular weight is 411 g/mol. The van der Waals surface area contributed by atoms with E-state index in [2.05, 4.69) is 10.3 Å². The highest BCUT2D eigenvalue weighted by Gasteiger charge is 2.17.